The normalized spacial score (nSPS) is 25.9. The molecule has 2 N–H and O–H groups in total. The van der Waals surface area contributed by atoms with Gasteiger partial charge in [-0.1, -0.05) is 65.2 Å². The third kappa shape index (κ3) is 5.16. The second kappa shape index (κ2) is 13.4. The van der Waals surface area contributed by atoms with Crippen LogP contribution in [0.2, 0.25) is 10.0 Å². The van der Waals surface area contributed by atoms with Crippen LogP contribution >= 0.6 is 23.2 Å². The molecule has 11 nitrogen and oxygen atoms in total. The lowest BCUT2D eigenvalue weighted by Crippen LogP contribution is -2.53. The highest BCUT2D eigenvalue weighted by Gasteiger charge is 2.71. The first-order valence-electron chi connectivity index (χ1n) is 17.4. The van der Waals surface area contributed by atoms with E-state index < -0.39 is 46.8 Å². The zero-order valence-corrected chi connectivity index (χ0v) is 30.9. The Balaban J connectivity index is 1.38. The van der Waals surface area contributed by atoms with E-state index in [-0.39, 0.29) is 52.4 Å². The Bertz CT molecular complexity index is 2250. The number of ether oxygens (including phenoxy) is 3. The molecule has 8 rings (SSSR count). The molecule has 4 aromatic carbocycles. The number of anilines is 2. The van der Waals surface area contributed by atoms with Crippen molar-refractivity contribution in [1.82, 2.24) is 5.01 Å². The average molecular weight is 769 g/mol. The summed E-state index contributed by atoms with van der Waals surface area (Å²) in [5.41, 5.74) is 3.35. The number of methoxy groups -OCH3 is 3. The van der Waals surface area contributed by atoms with Gasteiger partial charge in [0.15, 0.2) is 0 Å². The number of allylic oxidation sites excluding steroid dienone is 2. The van der Waals surface area contributed by atoms with Crippen LogP contribution in [0.3, 0.4) is 0 Å². The van der Waals surface area contributed by atoms with E-state index in [1.54, 1.807) is 72.8 Å². The molecule has 4 aliphatic rings. The summed E-state index contributed by atoms with van der Waals surface area (Å²) in [7, 11) is 4.42. The maximum atomic E-state index is 15.5. The summed E-state index contributed by atoms with van der Waals surface area (Å²) in [6.45, 7) is 0. The van der Waals surface area contributed by atoms with Gasteiger partial charge in [0, 0.05) is 28.6 Å². The maximum Gasteiger partial charge on any atom is 0.260 e. The van der Waals surface area contributed by atoms with Gasteiger partial charge >= 0.3 is 0 Å². The van der Waals surface area contributed by atoms with Gasteiger partial charge in [0.1, 0.15) is 23.0 Å². The Kier molecular flexibility index (Phi) is 8.81. The maximum absolute atomic E-state index is 15.5. The minimum Gasteiger partial charge on any atom is -0.507 e. The van der Waals surface area contributed by atoms with Crippen molar-refractivity contribution < 1.29 is 38.5 Å². The molecule has 6 atom stereocenters. The lowest BCUT2D eigenvalue weighted by molar-refractivity contribution is -0.138. The number of benzene rings is 4. The first kappa shape index (κ1) is 35.5. The topological polar surface area (TPSA) is 135 Å². The summed E-state index contributed by atoms with van der Waals surface area (Å²) >= 11 is 12.7. The minimum atomic E-state index is -1.70. The van der Waals surface area contributed by atoms with E-state index in [0.717, 1.165) is 5.01 Å². The predicted octanol–water partition coefficient (Wildman–Crippen LogP) is 6.91. The molecule has 4 aromatic rings. The van der Waals surface area contributed by atoms with Crippen LogP contribution in [0, 0.1) is 23.7 Å². The van der Waals surface area contributed by atoms with E-state index in [2.05, 4.69) is 5.43 Å². The van der Waals surface area contributed by atoms with E-state index in [1.807, 2.05) is 6.08 Å². The Morgan fingerprint density at radius 1 is 0.796 bits per heavy atom. The SMILES string of the molecule is COc1ccc(C23C(=O)N(Nc4ccc(Cl)cc4Cl)C(=O)C2CC2C(=CCC4C(=O)N(c5ccccc5)C(=O)C42)C3c2c(O)cc(OC)cc2OC)cc1. The minimum absolute atomic E-state index is 0.0491. The van der Waals surface area contributed by atoms with Gasteiger partial charge in [-0.25, -0.2) is 0 Å². The molecule has 0 radical (unpaired) electrons. The van der Waals surface area contributed by atoms with E-state index in [1.165, 1.54) is 38.4 Å². The number of amides is 4. The van der Waals surface area contributed by atoms with E-state index >= 15 is 9.59 Å². The molecule has 2 aliphatic carbocycles. The second-order valence-electron chi connectivity index (χ2n) is 13.8. The van der Waals surface area contributed by atoms with Crippen LogP contribution < -0.4 is 24.5 Å². The number of imide groups is 2. The van der Waals surface area contributed by atoms with Crippen molar-refractivity contribution in [3.05, 3.63) is 118 Å². The number of para-hydroxylation sites is 1. The molecule has 0 spiro atoms. The van der Waals surface area contributed by atoms with Crippen molar-refractivity contribution in [1.29, 1.82) is 0 Å². The molecule has 2 aliphatic heterocycles. The second-order valence-corrected chi connectivity index (χ2v) is 14.7. The first-order chi connectivity index (χ1) is 26.0. The number of aromatic hydroxyl groups is 1. The van der Waals surface area contributed by atoms with Gasteiger partial charge < -0.3 is 19.3 Å². The molecule has 2 saturated heterocycles. The number of phenolic OH excluding ortho intramolecular Hbond substituents is 1. The van der Waals surface area contributed by atoms with E-state index in [4.69, 9.17) is 37.4 Å². The fourth-order valence-electron chi connectivity index (χ4n) is 9.15. The molecular formula is C41H35Cl2N3O8. The fourth-order valence-corrected chi connectivity index (χ4v) is 9.60. The van der Waals surface area contributed by atoms with Gasteiger partial charge in [-0.2, -0.15) is 5.01 Å². The predicted molar refractivity (Wildman–Crippen MR) is 201 cm³/mol. The number of fused-ring (bicyclic) bond motifs is 4. The van der Waals surface area contributed by atoms with Crippen LogP contribution in [0.4, 0.5) is 11.4 Å². The Hall–Kier alpha value is -5.52. The molecule has 3 fully saturated rings. The van der Waals surface area contributed by atoms with Crippen molar-refractivity contribution >= 4 is 58.2 Å². The number of rotatable bonds is 8. The van der Waals surface area contributed by atoms with Crippen LogP contribution in [0.25, 0.3) is 0 Å². The summed E-state index contributed by atoms with van der Waals surface area (Å²) in [6.07, 6.45) is 2.16. The Morgan fingerprint density at radius 2 is 1.52 bits per heavy atom. The molecular weight excluding hydrogens is 733 g/mol. The highest BCUT2D eigenvalue weighted by molar-refractivity contribution is 6.36. The lowest BCUT2D eigenvalue weighted by Gasteiger charge is -2.50. The number of hydrogen-bond acceptors (Lipinski definition) is 9. The molecule has 6 unspecified atom stereocenters. The smallest absolute Gasteiger partial charge is 0.260 e. The Labute approximate surface area is 321 Å². The van der Waals surface area contributed by atoms with E-state index in [0.29, 0.717) is 33.3 Å². The number of hydrazine groups is 1. The lowest BCUT2D eigenvalue weighted by atomic mass is 9.49. The van der Waals surface area contributed by atoms with Crippen LogP contribution in [-0.4, -0.2) is 55.1 Å². The van der Waals surface area contributed by atoms with Gasteiger partial charge in [0.25, 0.3) is 11.8 Å². The molecule has 0 bridgehead atoms. The molecule has 4 amide bonds. The van der Waals surface area contributed by atoms with Crippen molar-refractivity contribution in [2.24, 2.45) is 23.7 Å². The molecule has 276 valence electrons. The standard InChI is InChI=1S/C41H35Cl2N3O8/c1-52-24-12-9-21(10-13-24)41-29(38(49)46(40(41)51)44-31-16-11-22(42)17-30(31)43)20-28-26(36(41)35-32(47)18-25(53-2)19-33(35)54-3)14-15-27-34(28)39(50)45(37(27)48)23-7-5-4-6-8-23/h4-14,16-19,27-29,34,36,44,47H,15,20H2,1-3H3. The largest absolute Gasteiger partial charge is 0.507 e. The first-order valence-corrected chi connectivity index (χ1v) is 18.1. The third-order valence-corrected chi connectivity index (χ3v) is 12.0. The fraction of sp³-hybridized carbons (Fsp3) is 0.268. The van der Waals surface area contributed by atoms with Gasteiger partial charge in [0.05, 0.1) is 60.9 Å². The summed E-state index contributed by atoms with van der Waals surface area (Å²) in [5, 5.41) is 13.4. The van der Waals surface area contributed by atoms with Gasteiger partial charge in [-0.05, 0) is 66.8 Å². The van der Waals surface area contributed by atoms with E-state index in [9.17, 15) is 14.7 Å². The van der Waals surface area contributed by atoms with Crippen molar-refractivity contribution in [2.75, 3.05) is 31.7 Å². The monoisotopic (exact) mass is 767 g/mol. The van der Waals surface area contributed by atoms with Crippen LogP contribution in [-0.2, 0) is 24.6 Å². The van der Waals surface area contributed by atoms with Crippen molar-refractivity contribution in [3.63, 3.8) is 0 Å². The summed E-state index contributed by atoms with van der Waals surface area (Å²) in [5.74, 6) is -5.45. The van der Waals surface area contributed by atoms with Crippen molar-refractivity contribution in [3.8, 4) is 23.0 Å². The van der Waals surface area contributed by atoms with Gasteiger partial charge in [-0.15, -0.1) is 0 Å². The number of nitrogens with one attached hydrogen (secondary N) is 1. The number of halogens is 2. The zero-order valence-electron chi connectivity index (χ0n) is 29.4. The number of phenols is 1. The van der Waals surface area contributed by atoms with Crippen LogP contribution in [0.15, 0.2) is 96.6 Å². The van der Waals surface area contributed by atoms with Crippen LogP contribution in [0.5, 0.6) is 23.0 Å². The number of hydrogen-bond donors (Lipinski definition) is 2. The third-order valence-electron chi connectivity index (χ3n) is 11.4. The molecule has 13 heteroatoms. The highest BCUT2D eigenvalue weighted by Crippen LogP contribution is 2.66. The van der Waals surface area contributed by atoms with Gasteiger partial charge in [0.2, 0.25) is 11.8 Å². The summed E-state index contributed by atoms with van der Waals surface area (Å²) in [4.78, 5) is 60.3. The average Bonchev–Trinajstić information content (AvgIpc) is 3.56. The highest BCUT2D eigenvalue weighted by atomic mass is 35.5. The summed E-state index contributed by atoms with van der Waals surface area (Å²) in [6, 6.07) is 23.3. The number of carbonyl (C=O) groups is 4. The Morgan fingerprint density at radius 3 is 2.19 bits per heavy atom. The number of nitrogens with zero attached hydrogens (tertiary/aromatic N) is 2. The zero-order chi connectivity index (χ0) is 38.1. The van der Waals surface area contributed by atoms with Crippen molar-refractivity contribution in [2.45, 2.75) is 24.2 Å². The molecule has 2 heterocycles. The quantitative estimate of drug-likeness (QED) is 0.145. The van der Waals surface area contributed by atoms with Gasteiger partial charge in [-0.3, -0.25) is 29.5 Å². The molecule has 0 aromatic heterocycles. The number of carbonyl (C=O) groups excluding carboxylic acids is 4. The van der Waals surface area contributed by atoms with Crippen LogP contribution in [0.1, 0.15) is 29.9 Å². The molecule has 54 heavy (non-hydrogen) atoms. The summed E-state index contributed by atoms with van der Waals surface area (Å²) < 4.78 is 16.8. The molecule has 1 saturated carbocycles.